The van der Waals surface area contributed by atoms with Crippen molar-refractivity contribution in [2.45, 2.75) is 314 Å². The third-order valence-corrected chi connectivity index (χ3v) is 13.7. The second-order valence-corrected chi connectivity index (χ2v) is 20.6. The van der Waals surface area contributed by atoms with Crippen molar-refractivity contribution in [1.82, 2.24) is 0 Å². The van der Waals surface area contributed by atoms with Gasteiger partial charge in [0, 0.05) is 19.3 Å². The maximum atomic E-state index is 13.1. The van der Waals surface area contributed by atoms with E-state index < -0.39 is 67.3 Å². The first-order valence-corrected chi connectivity index (χ1v) is 30.0. The quantitative estimate of drug-likeness (QED) is 0.0228. The third kappa shape index (κ3) is 39.9. The fraction of sp³-hybridized carbons (Fsp3) is 0.836. The molecule has 0 bridgehead atoms. The van der Waals surface area contributed by atoms with Crippen molar-refractivity contribution in [2.24, 2.45) is 0 Å². The Morgan fingerprint density at radius 2 is 0.822 bits per heavy atom. The maximum absolute atomic E-state index is 13.1. The number of hydrogen-bond acceptors (Lipinski definition) is 11. The van der Waals surface area contributed by atoms with E-state index in [1.165, 1.54) is 122 Å². The number of carbonyl (C=O) groups excluding carboxylic acids is 3. The van der Waals surface area contributed by atoms with Gasteiger partial charge in [0.25, 0.3) is 0 Å². The van der Waals surface area contributed by atoms with Crippen molar-refractivity contribution in [1.29, 1.82) is 0 Å². The summed E-state index contributed by atoms with van der Waals surface area (Å²) >= 11 is 0. The van der Waals surface area contributed by atoms with Crippen molar-refractivity contribution in [3.05, 3.63) is 36.5 Å². The van der Waals surface area contributed by atoms with Crippen LogP contribution in [-0.2, 0) is 42.9 Å². The number of allylic oxidation sites excluding steroid dienone is 6. The first-order chi connectivity index (χ1) is 35.6. The number of hydrogen-bond donors (Lipinski definition) is 3. The summed E-state index contributed by atoms with van der Waals surface area (Å²) < 4.78 is 28.4. The van der Waals surface area contributed by atoms with Gasteiger partial charge in [-0.3, -0.25) is 14.4 Å². The first-order valence-electron chi connectivity index (χ1n) is 30.0. The Morgan fingerprint density at radius 3 is 1.27 bits per heavy atom. The Morgan fingerprint density at radius 1 is 0.452 bits per heavy atom. The van der Waals surface area contributed by atoms with E-state index in [0.29, 0.717) is 19.3 Å². The summed E-state index contributed by atoms with van der Waals surface area (Å²) in [7, 11) is 0. The minimum Gasteiger partial charge on any atom is -0.479 e. The van der Waals surface area contributed by atoms with Crippen LogP contribution in [0.5, 0.6) is 0 Å². The molecule has 0 aromatic rings. The number of aliphatic hydroxyl groups is 2. The van der Waals surface area contributed by atoms with Crippen LogP contribution < -0.4 is 0 Å². The molecule has 12 nitrogen and oxygen atoms in total. The zero-order chi connectivity index (χ0) is 53.3. The molecule has 1 heterocycles. The lowest BCUT2D eigenvalue weighted by atomic mass is 9.98. The molecule has 12 heteroatoms. The fourth-order valence-corrected chi connectivity index (χ4v) is 9.04. The lowest BCUT2D eigenvalue weighted by molar-refractivity contribution is -0.301. The Balaban J connectivity index is 2.66. The molecule has 424 valence electrons. The van der Waals surface area contributed by atoms with Crippen molar-refractivity contribution in [3.8, 4) is 0 Å². The second-order valence-electron chi connectivity index (χ2n) is 20.6. The van der Waals surface area contributed by atoms with Crippen LogP contribution in [0.1, 0.15) is 278 Å². The summed E-state index contributed by atoms with van der Waals surface area (Å²) in [5, 5.41) is 31.4. The van der Waals surface area contributed by atoms with Crippen molar-refractivity contribution < 1.29 is 58.2 Å². The van der Waals surface area contributed by atoms with Gasteiger partial charge in [0.2, 0.25) is 0 Å². The van der Waals surface area contributed by atoms with Gasteiger partial charge < -0.3 is 39.0 Å². The van der Waals surface area contributed by atoms with Crippen LogP contribution in [0.25, 0.3) is 0 Å². The van der Waals surface area contributed by atoms with Crippen molar-refractivity contribution in [2.75, 3.05) is 13.2 Å². The number of carbonyl (C=O) groups is 4. The molecule has 73 heavy (non-hydrogen) atoms. The van der Waals surface area contributed by atoms with Crippen LogP contribution in [0.15, 0.2) is 36.5 Å². The molecule has 1 rings (SSSR count). The van der Waals surface area contributed by atoms with E-state index in [2.05, 4.69) is 57.2 Å². The SMILES string of the molecule is CCCCC/C=C\C/C=C\CCCCCCCCCC(=O)OCC(COC1OC(C(=O)O)C(O)C(O)C1OC(=O)CCCCCCCCCCC)OC(=O)CCCCCCCCC/C=C\CCCCCCCC. The molecular formula is C61H108O12. The number of carboxylic acids is 1. The molecule has 0 aromatic heterocycles. The molecule has 0 spiro atoms. The van der Waals surface area contributed by atoms with E-state index in [4.69, 9.17) is 23.7 Å². The van der Waals surface area contributed by atoms with Crippen molar-refractivity contribution in [3.63, 3.8) is 0 Å². The molecule has 0 aromatic carbocycles. The summed E-state index contributed by atoms with van der Waals surface area (Å²) in [6.07, 6.45) is 45.5. The van der Waals surface area contributed by atoms with Gasteiger partial charge >= 0.3 is 23.9 Å². The van der Waals surface area contributed by atoms with Gasteiger partial charge in [-0.25, -0.2) is 4.79 Å². The molecule has 1 fully saturated rings. The average Bonchev–Trinajstić information content (AvgIpc) is 3.37. The number of esters is 3. The van der Waals surface area contributed by atoms with Gasteiger partial charge in [0.1, 0.15) is 18.8 Å². The number of ether oxygens (including phenoxy) is 5. The van der Waals surface area contributed by atoms with Gasteiger partial charge in [-0.05, 0) is 77.0 Å². The number of carboxylic acid groups (broad SMARTS) is 1. The highest BCUT2D eigenvalue weighted by Crippen LogP contribution is 2.26. The minimum atomic E-state index is -1.90. The van der Waals surface area contributed by atoms with Crippen LogP contribution in [0, 0.1) is 0 Å². The van der Waals surface area contributed by atoms with Crippen LogP contribution in [0.4, 0.5) is 0 Å². The molecule has 6 atom stereocenters. The number of aliphatic carboxylic acids is 1. The highest BCUT2D eigenvalue weighted by atomic mass is 16.7. The summed E-state index contributed by atoms with van der Waals surface area (Å²) in [6.45, 7) is 5.94. The normalized spacial score (nSPS) is 18.5. The third-order valence-electron chi connectivity index (χ3n) is 13.7. The molecule has 1 aliphatic heterocycles. The molecule has 0 aliphatic carbocycles. The van der Waals surface area contributed by atoms with E-state index in [-0.39, 0.29) is 25.9 Å². The van der Waals surface area contributed by atoms with E-state index in [1.807, 2.05) is 0 Å². The maximum Gasteiger partial charge on any atom is 0.335 e. The van der Waals surface area contributed by atoms with Gasteiger partial charge in [-0.15, -0.1) is 0 Å². The average molecular weight is 1030 g/mol. The van der Waals surface area contributed by atoms with Crippen LogP contribution >= 0.6 is 0 Å². The summed E-state index contributed by atoms with van der Waals surface area (Å²) in [4.78, 5) is 51.0. The Bertz CT molecular complexity index is 1410. The molecule has 1 aliphatic rings. The van der Waals surface area contributed by atoms with Gasteiger partial charge in [0.15, 0.2) is 24.6 Å². The zero-order valence-corrected chi connectivity index (χ0v) is 46.6. The molecular weight excluding hydrogens is 925 g/mol. The standard InChI is InChI=1S/C61H108O12/c1-4-7-10-13-16-19-21-23-25-27-29-31-33-36-38-41-44-47-53(62)69-50-52(71-54(63)48-45-42-40-37-34-32-30-28-26-24-22-20-17-14-11-8-5-2)51-70-61-59(57(66)56(65)58(73-61)60(67)68)72-55(64)49-46-43-39-35-18-15-12-9-6-3/h16,19,23-26,52,56-59,61,65-66H,4-15,17-18,20-22,27-51H2,1-3H3,(H,67,68)/b19-16-,25-23-,26-24-. The predicted molar refractivity (Wildman–Crippen MR) is 294 cm³/mol. The van der Waals surface area contributed by atoms with Crippen LogP contribution in [0.3, 0.4) is 0 Å². The Hall–Kier alpha value is -3.06. The highest BCUT2D eigenvalue weighted by molar-refractivity contribution is 5.74. The molecule has 0 amide bonds. The topological polar surface area (TPSA) is 175 Å². The number of unbranched alkanes of at least 4 members (excludes halogenated alkanes) is 31. The minimum absolute atomic E-state index is 0.0625. The smallest absolute Gasteiger partial charge is 0.335 e. The van der Waals surface area contributed by atoms with E-state index in [0.717, 1.165) is 96.3 Å². The summed E-state index contributed by atoms with van der Waals surface area (Å²) in [5.41, 5.74) is 0. The Labute approximate surface area is 444 Å². The predicted octanol–water partition coefficient (Wildman–Crippen LogP) is 15.2. The summed E-state index contributed by atoms with van der Waals surface area (Å²) in [5.74, 6) is -3.11. The molecule has 1 saturated heterocycles. The van der Waals surface area contributed by atoms with Crippen molar-refractivity contribution >= 4 is 23.9 Å². The molecule has 0 saturated carbocycles. The fourth-order valence-electron chi connectivity index (χ4n) is 9.04. The van der Waals surface area contributed by atoms with E-state index in [1.54, 1.807) is 0 Å². The molecule has 3 N–H and O–H groups in total. The Kier molecular flexibility index (Phi) is 46.4. The summed E-state index contributed by atoms with van der Waals surface area (Å²) in [6, 6.07) is 0. The van der Waals surface area contributed by atoms with Gasteiger partial charge in [-0.2, -0.15) is 0 Å². The monoisotopic (exact) mass is 1030 g/mol. The lowest BCUT2D eigenvalue weighted by Gasteiger charge is -2.40. The van der Waals surface area contributed by atoms with Gasteiger partial charge in [-0.1, -0.05) is 218 Å². The second kappa shape index (κ2) is 49.8. The zero-order valence-electron chi connectivity index (χ0n) is 46.6. The number of aliphatic hydroxyl groups excluding tert-OH is 2. The molecule has 0 radical (unpaired) electrons. The lowest BCUT2D eigenvalue weighted by Crippen LogP contribution is -2.61. The van der Waals surface area contributed by atoms with E-state index >= 15 is 0 Å². The van der Waals surface area contributed by atoms with E-state index in [9.17, 15) is 34.5 Å². The van der Waals surface area contributed by atoms with Crippen LogP contribution in [0.2, 0.25) is 0 Å². The van der Waals surface area contributed by atoms with Gasteiger partial charge in [0.05, 0.1) is 6.61 Å². The van der Waals surface area contributed by atoms with Crippen LogP contribution in [-0.4, -0.2) is 89.2 Å². The first kappa shape index (κ1) is 68.0. The largest absolute Gasteiger partial charge is 0.479 e. The highest BCUT2D eigenvalue weighted by Gasteiger charge is 2.50. The molecule has 6 unspecified atom stereocenters. The number of rotatable bonds is 51.